The van der Waals surface area contributed by atoms with Crippen LogP contribution < -0.4 is 10.5 Å². The van der Waals surface area contributed by atoms with E-state index in [2.05, 4.69) is 18.9 Å². The van der Waals surface area contributed by atoms with Crippen LogP contribution in [0.5, 0.6) is 5.75 Å². The maximum atomic E-state index is 5.99. The first-order valence-corrected chi connectivity index (χ1v) is 6.09. The summed E-state index contributed by atoms with van der Waals surface area (Å²) in [7, 11) is 0. The van der Waals surface area contributed by atoms with Crippen LogP contribution in [-0.2, 0) is 6.42 Å². The summed E-state index contributed by atoms with van der Waals surface area (Å²) >= 11 is 0. The molecule has 0 fully saturated rings. The SMILES string of the molecule is C#CCCOc1c(C)cccc1CC(N)CC. The Kier molecular flexibility index (Phi) is 5.59. The molecule has 0 heterocycles. The van der Waals surface area contributed by atoms with Gasteiger partial charge in [0.15, 0.2) is 0 Å². The number of ether oxygens (including phenoxy) is 1. The quantitative estimate of drug-likeness (QED) is 0.603. The van der Waals surface area contributed by atoms with Gasteiger partial charge in [0, 0.05) is 12.5 Å². The van der Waals surface area contributed by atoms with Gasteiger partial charge in [0.25, 0.3) is 0 Å². The molecule has 0 radical (unpaired) electrons. The second-order valence-corrected chi connectivity index (χ2v) is 4.24. The summed E-state index contributed by atoms with van der Waals surface area (Å²) in [6, 6.07) is 6.35. The molecule has 1 atom stereocenters. The van der Waals surface area contributed by atoms with Crippen molar-refractivity contribution in [3.63, 3.8) is 0 Å². The largest absolute Gasteiger partial charge is 0.492 e. The average molecular weight is 231 g/mol. The Bertz CT molecular complexity index is 392. The van der Waals surface area contributed by atoms with E-state index in [1.807, 2.05) is 19.1 Å². The zero-order valence-electron chi connectivity index (χ0n) is 10.7. The average Bonchev–Trinajstić information content (AvgIpc) is 2.32. The summed E-state index contributed by atoms with van der Waals surface area (Å²) in [5.41, 5.74) is 8.31. The molecule has 2 nitrogen and oxygen atoms in total. The number of rotatable bonds is 6. The molecule has 17 heavy (non-hydrogen) atoms. The van der Waals surface area contributed by atoms with Crippen molar-refractivity contribution in [2.24, 2.45) is 5.73 Å². The van der Waals surface area contributed by atoms with Crippen molar-refractivity contribution in [2.75, 3.05) is 6.61 Å². The van der Waals surface area contributed by atoms with Crippen molar-refractivity contribution in [1.82, 2.24) is 0 Å². The van der Waals surface area contributed by atoms with Gasteiger partial charge in [-0.05, 0) is 30.9 Å². The lowest BCUT2D eigenvalue weighted by Crippen LogP contribution is -2.22. The molecule has 0 saturated heterocycles. The minimum Gasteiger partial charge on any atom is -0.492 e. The van der Waals surface area contributed by atoms with Gasteiger partial charge in [-0.25, -0.2) is 0 Å². The molecular weight excluding hydrogens is 210 g/mol. The van der Waals surface area contributed by atoms with Gasteiger partial charge >= 0.3 is 0 Å². The lowest BCUT2D eigenvalue weighted by molar-refractivity contribution is 0.320. The normalized spacial score (nSPS) is 11.9. The van der Waals surface area contributed by atoms with Crippen LogP contribution in [0.25, 0.3) is 0 Å². The number of benzene rings is 1. The zero-order valence-corrected chi connectivity index (χ0v) is 10.7. The predicted octanol–water partition coefficient (Wildman–Crippen LogP) is 2.68. The molecule has 1 rings (SSSR count). The first-order chi connectivity index (χ1) is 8.19. The monoisotopic (exact) mass is 231 g/mol. The molecule has 0 aromatic heterocycles. The molecule has 0 aliphatic rings. The summed E-state index contributed by atoms with van der Waals surface area (Å²) < 4.78 is 5.76. The minimum atomic E-state index is 0.187. The van der Waals surface area contributed by atoms with E-state index in [0.717, 1.165) is 24.2 Å². The summed E-state index contributed by atoms with van der Waals surface area (Å²) in [6.07, 6.45) is 7.67. The van der Waals surface area contributed by atoms with Crippen molar-refractivity contribution in [2.45, 2.75) is 39.2 Å². The second-order valence-electron chi connectivity index (χ2n) is 4.24. The smallest absolute Gasteiger partial charge is 0.125 e. The van der Waals surface area contributed by atoms with E-state index in [-0.39, 0.29) is 6.04 Å². The molecule has 0 spiro atoms. The lowest BCUT2D eigenvalue weighted by Gasteiger charge is -2.16. The van der Waals surface area contributed by atoms with Crippen LogP contribution in [0.3, 0.4) is 0 Å². The number of nitrogens with two attached hydrogens (primary N) is 1. The van der Waals surface area contributed by atoms with Gasteiger partial charge in [-0.3, -0.25) is 0 Å². The summed E-state index contributed by atoms with van der Waals surface area (Å²) in [6.45, 7) is 4.71. The summed E-state index contributed by atoms with van der Waals surface area (Å²) in [5, 5.41) is 0. The van der Waals surface area contributed by atoms with Crippen molar-refractivity contribution >= 4 is 0 Å². The zero-order chi connectivity index (χ0) is 12.7. The standard InChI is InChI=1S/C15H21NO/c1-4-6-10-17-15-12(3)8-7-9-13(15)11-14(16)5-2/h1,7-9,14H,5-6,10-11,16H2,2-3H3. The van der Waals surface area contributed by atoms with E-state index in [1.54, 1.807) is 0 Å². The molecule has 2 N–H and O–H groups in total. The van der Waals surface area contributed by atoms with Crippen LogP contribution >= 0.6 is 0 Å². The van der Waals surface area contributed by atoms with Crippen LogP contribution in [0.15, 0.2) is 18.2 Å². The van der Waals surface area contributed by atoms with Crippen LogP contribution in [0, 0.1) is 19.3 Å². The summed E-state index contributed by atoms with van der Waals surface area (Å²) in [5.74, 6) is 3.53. The Morgan fingerprint density at radius 2 is 2.24 bits per heavy atom. The van der Waals surface area contributed by atoms with E-state index < -0.39 is 0 Å². The van der Waals surface area contributed by atoms with Crippen LogP contribution in [0.2, 0.25) is 0 Å². The highest BCUT2D eigenvalue weighted by atomic mass is 16.5. The molecule has 0 aliphatic carbocycles. The molecule has 92 valence electrons. The number of hydrogen-bond donors (Lipinski definition) is 1. The molecule has 0 saturated carbocycles. The number of hydrogen-bond acceptors (Lipinski definition) is 2. The van der Waals surface area contributed by atoms with Crippen molar-refractivity contribution in [1.29, 1.82) is 0 Å². The third-order valence-corrected chi connectivity index (χ3v) is 2.79. The fourth-order valence-corrected chi connectivity index (χ4v) is 1.72. The molecule has 1 aromatic rings. The van der Waals surface area contributed by atoms with Crippen LogP contribution in [-0.4, -0.2) is 12.6 Å². The van der Waals surface area contributed by atoms with Gasteiger partial charge in [-0.1, -0.05) is 25.1 Å². The number of aryl methyl sites for hydroxylation is 1. The van der Waals surface area contributed by atoms with Gasteiger partial charge in [-0.15, -0.1) is 12.3 Å². The maximum Gasteiger partial charge on any atom is 0.125 e. The van der Waals surface area contributed by atoms with Crippen molar-refractivity contribution in [3.8, 4) is 18.1 Å². The molecule has 1 unspecified atom stereocenters. The first-order valence-electron chi connectivity index (χ1n) is 6.09. The highest BCUT2D eigenvalue weighted by Crippen LogP contribution is 2.25. The van der Waals surface area contributed by atoms with Gasteiger partial charge in [0.05, 0.1) is 6.61 Å². The lowest BCUT2D eigenvalue weighted by atomic mass is 10.0. The Labute approximate surface area is 104 Å². The molecule has 0 aliphatic heterocycles. The van der Waals surface area contributed by atoms with Gasteiger partial charge in [0.1, 0.15) is 5.75 Å². The number of terminal acetylenes is 1. The van der Waals surface area contributed by atoms with E-state index in [1.165, 1.54) is 5.56 Å². The molecule has 0 amide bonds. The van der Waals surface area contributed by atoms with E-state index in [0.29, 0.717) is 13.0 Å². The Morgan fingerprint density at radius 1 is 1.47 bits per heavy atom. The molecule has 1 aromatic carbocycles. The van der Waals surface area contributed by atoms with Gasteiger partial charge in [0.2, 0.25) is 0 Å². The highest BCUT2D eigenvalue weighted by Gasteiger charge is 2.09. The maximum absolute atomic E-state index is 5.99. The Hall–Kier alpha value is -1.46. The minimum absolute atomic E-state index is 0.187. The van der Waals surface area contributed by atoms with E-state index in [4.69, 9.17) is 16.9 Å². The van der Waals surface area contributed by atoms with Crippen LogP contribution in [0.4, 0.5) is 0 Å². The van der Waals surface area contributed by atoms with Crippen molar-refractivity contribution < 1.29 is 4.74 Å². The van der Waals surface area contributed by atoms with Gasteiger partial charge < -0.3 is 10.5 Å². The fraction of sp³-hybridized carbons (Fsp3) is 0.467. The summed E-state index contributed by atoms with van der Waals surface area (Å²) in [4.78, 5) is 0. The highest BCUT2D eigenvalue weighted by molar-refractivity contribution is 5.41. The molecular formula is C15H21NO. The predicted molar refractivity (Wildman–Crippen MR) is 72.1 cm³/mol. The molecule has 2 heteroatoms. The molecule has 0 bridgehead atoms. The topological polar surface area (TPSA) is 35.2 Å². The van der Waals surface area contributed by atoms with Crippen LogP contribution in [0.1, 0.15) is 30.9 Å². The van der Waals surface area contributed by atoms with E-state index >= 15 is 0 Å². The fourth-order valence-electron chi connectivity index (χ4n) is 1.72. The van der Waals surface area contributed by atoms with Gasteiger partial charge in [-0.2, -0.15) is 0 Å². The third-order valence-electron chi connectivity index (χ3n) is 2.79. The van der Waals surface area contributed by atoms with Crippen molar-refractivity contribution in [3.05, 3.63) is 29.3 Å². The third kappa shape index (κ3) is 4.13. The number of para-hydroxylation sites is 1. The second kappa shape index (κ2) is 6.98. The Balaban J connectivity index is 2.81. The van der Waals surface area contributed by atoms with E-state index in [9.17, 15) is 0 Å². The first kappa shape index (κ1) is 13.6. The Morgan fingerprint density at radius 3 is 2.88 bits per heavy atom.